The number of esters is 1. The van der Waals surface area contributed by atoms with Gasteiger partial charge in [0.2, 0.25) is 0 Å². The van der Waals surface area contributed by atoms with Crippen LogP contribution in [0.2, 0.25) is 0 Å². The molecule has 1 aliphatic rings. The highest BCUT2D eigenvalue weighted by molar-refractivity contribution is 5.90. The van der Waals surface area contributed by atoms with Gasteiger partial charge in [0, 0.05) is 28.5 Å². The molecule has 0 aliphatic carbocycles. The molecule has 138 valence electrons. The minimum Gasteiger partial charge on any atom is -0.464 e. The van der Waals surface area contributed by atoms with Crippen LogP contribution in [0, 0.1) is 6.92 Å². The molecule has 2 aromatic carbocycles. The van der Waals surface area contributed by atoms with E-state index in [0.717, 1.165) is 10.9 Å². The zero-order chi connectivity index (χ0) is 19.4. The van der Waals surface area contributed by atoms with E-state index in [9.17, 15) is 14.4 Å². The lowest BCUT2D eigenvalue weighted by Gasteiger charge is -2.25. The van der Waals surface area contributed by atoms with Crippen molar-refractivity contribution in [2.24, 2.45) is 0 Å². The SMILES string of the molecule is Cc1cc(=O)oc2c3c(ccc12)OC(=O)C[C@H]3c1coc2ccccc2c1=O. The first-order valence-electron chi connectivity index (χ1n) is 8.81. The van der Waals surface area contributed by atoms with E-state index in [4.69, 9.17) is 13.6 Å². The molecule has 0 fully saturated rings. The second kappa shape index (κ2) is 5.92. The Bertz CT molecular complexity index is 1390. The van der Waals surface area contributed by atoms with Crippen molar-refractivity contribution < 1.29 is 18.4 Å². The van der Waals surface area contributed by atoms with E-state index in [0.29, 0.717) is 27.7 Å². The highest BCUT2D eigenvalue weighted by atomic mass is 16.5. The molecule has 0 radical (unpaired) electrons. The number of carbonyl (C=O) groups excluding carboxylic acids is 1. The first-order valence-corrected chi connectivity index (χ1v) is 8.81. The molecule has 0 spiro atoms. The zero-order valence-corrected chi connectivity index (χ0v) is 14.9. The smallest absolute Gasteiger partial charge is 0.336 e. The van der Waals surface area contributed by atoms with Crippen LogP contribution in [-0.4, -0.2) is 5.97 Å². The second-order valence-electron chi connectivity index (χ2n) is 6.85. The van der Waals surface area contributed by atoms with Crippen molar-refractivity contribution in [3.8, 4) is 5.75 Å². The molecule has 0 saturated heterocycles. The van der Waals surface area contributed by atoms with E-state index in [2.05, 4.69) is 0 Å². The second-order valence-corrected chi connectivity index (χ2v) is 6.85. The van der Waals surface area contributed by atoms with Gasteiger partial charge in [-0.3, -0.25) is 9.59 Å². The summed E-state index contributed by atoms with van der Waals surface area (Å²) in [5, 5.41) is 1.16. The quantitative estimate of drug-likeness (QED) is 0.287. The summed E-state index contributed by atoms with van der Waals surface area (Å²) in [5.41, 5.74) is 1.66. The van der Waals surface area contributed by atoms with Crippen LogP contribution in [-0.2, 0) is 4.79 Å². The van der Waals surface area contributed by atoms with Gasteiger partial charge in [-0.25, -0.2) is 4.79 Å². The molecule has 3 heterocycles. The van der Waals surface area contributed by atoms with E-state index < -0.39 is 17.5 Å². The number of rotatable bonds is 1. The molecule has 1 atom stereocenters. The van der Waals surface area contributed by atoms with Gasteiger partial charge in [0.05, 0.1) is 18.1 Å². The van der Waals surface area contributed by atoms with Crippen LogP contribution in [0.5, 0.6) is 5.75 Å². The van der Waals surface area contributed by atoms with Gasteiger partial charge in [-0.2, -0.15) is 0 Å². The molecular weight excluding hydrogens is 360 g/mol. The average Bonchev–Trinajstić information content (AvgIpc) is 2.67. The summed E-state index contributed by atoms with van der Waals surface area (Å²) in [7, 11) is 0. The summed E-state index contributed by atoms with van der Waals surface area (Å²) < 4.78 is 16.5. The molecule has 28 heavy (non-hydrogen) atoms. The van der Waals surface area contributed by atoms with Crippen molar-refractivity contribution in [2.75, 3.05) is 0 Å². The van der Waals surface area contributed by atoms with Crippen molar-refractivity contribution in [1.29, 1.82) is 0 Å². The number of aryl methyl sites for hydroxylation is 1. The molecule has 1 aliphatic heterocycles. The van der Waals surface area contributed by atoms with E-state index in [-0.39, 0.29) is 17.6 Å². The van der Waals surface area contributed by atoms with Crippen LogP contribution >= 0.6 is 0 Å². The molecule has 6 nitrogen and oxygen atoms in total. The van der Waals surface area contributed by atoms with E-state index in [1.807, 2.05) is 0 Å². The van der Waals surface area contributed by atoms with Crippen LogP contribution in [0.4, 0.5) is 0 Å². The number of ether oxygens (including phenoxy) is 1. The van der Waals surface area contributed by atoms with Crippen LogP contribution in [0.1, 0.15) is 29.0 Å². The number of benzene rings is 2. The molecule has 0 N–H and O–H groups in total. The predicted molar refractivity (Wildman–Crippen MR) is 102 cm³/mol. The Morgan fingerprint density at radius 3 is 2.68 bits per heavy atom. The number of para-hydroxylation sites is 1. The molecular formula is C22H14O6. The molecule has 5 rings (SSSR count). The van der Waals surface area contributed by atoms with E-state index >= 15 is 0 Å². The maximum absolute atomic E-state index is 13.1. The fraction of sp³-hybridized carbons (Fsp3) is 0.136. The van der Waals surface area contributed by atoms with Gasteiger partial charge in [0.15, 0.2) is 5.43 Å². The van der Waals surface area contributed by atoms with Gasteiger partial charge < -0.3 is 13.6 Å². The van der Waals surface area contributed by atoms with Crippen molar-refractivity contribution in [3.63, 3.8) is 0 Å². The van der Waals surface area contributed by atoms with Gasteiger partial charge in [-0.1, -0.05) is 12.1 Å². The van der Waals surface area contributed by atoms with Crippen molar-refractivity contribution in [3.05, 3.63) is 86.1 Å². The Morgan fingerprint density at radius 1 is 1.00 bits per heavy atom. The Kier molecular flexibility index (Phi) is 3.49. The average molecular weight is 374 g/mol. The van der Waals surface area contributed by atoms with Crippen LogP contribution < -0.4 is 15.8 Å². The summed E-state index contributed by atoms with van der Waals surface area (Å²) in [4.78, 5) is 37.3. The summed E-state index contributed by atoms with van der Waals surface area (Å²) in [6.45, 7) is 1.81. The molecule has 0 bridgehead atoms. The van der Waals surface area contributed by atoms with Gasteiger partial charge >= 0.3 is 11.6 Å². The summed E-state index contributed by atoms with van der Waals surface area (Å²) in [5.74, 6) is -0.805. The topological polar surface area (TPSA) is 86.7 Å². The Balaban J connectivity index is 1.85. The number of hydrogen-bond acceptors (Lipinski definition) is 6. The van der Waals surface area contributed by atoms with Crippen LogP contribution in [0.15, 0.2) is 67.2 Å². The third kappa shape index (κ3) is 2.38. The third-order valence-electron chi connectivity index (χ3n) is 5.14. The van der Waals surface area contributed by atoms with Crippen molar-refractivity contribution in [1.82, 2.24) is 0 Å². The summed E-state index contributed by atoms with van der Waals surface area (Å²) in [6, 6.07) is 11.7. The predicted octanol–water partition coefficient (Wildman–Crippen LogP) is 3.65. The van der Waals surface area contributed by atoms with Gasteiger partial charge in [-0.15, -0.1) is 0 Å². The first-order chi connectivity index (χ1) is 13.5. The Hall–Kier alpha value is -3.67. The van der Waals surface area contributed by atoms with E-state index in [1.54, 1.807) is 43.3 Å². The Morgan fingerprint density at radius 2 is 1.82 bits per heavy atom. The highest BCUT2D eigenvalue weighted by Crippen LogP contribution is 2.42. The molecule has 4 aromatic rings. The normalized spacial score (nSPS) is 16.2. The van der Waals surface area contributed by atoms with Gasteiger partial charge in [0.1, 0.15) is 16.9 Å². The zero-order valence-electron chi connectivity index (χ0n) is 14.9. The minimum absolute atomic E-state index is 0.0487. The molecule has 6 heteroatoms. The molecule has 0 amide bonds. The molecule has 2 aromatic heterocycles. The first kappa shape index (κ1) is 16.5. The summed E-state index contributed by atoms with van der Waals surface area (Å²) in [6.07, 6.45) is 1.33. The standard InChI is InChI=1S/C22H14O6/c1-11-8-18(23)28-22-12(11)6-7-17-20(22)14(9-19(24)27-17)15-10-26-16-5-3-2-4-13(16)21(15)25/h2-8,10,14H,9H2,1H3/t14-/m0/s1. The van der Waals surface area contributed by atoms with Crippen LogP contribution in [0.3, 0.4) is 0 Å². The van der Waals surface area contributed by atoms with E-state index in [1.165, 1.54) is 12.3 Å². The molecule has 0 saturated carbocycles. The lowest BCUT2D eigenvalue weighted by molar-refractivity contribution is -0.135. The number of fused-ring (bicyclic) bond motifs is 4. The maximum Gasteiger partial charge on any atom is 0.336 e. The lowest BCUT2D eigenvalue weighted by Crippen LogP contribution is -2.25. The maximum atomic E-state index is 13.1. The lowest BCUT2D eigenvalue weighted by atomic mass is 9.85. The van der Waals surface area contributed by atoms with Crippen molar-refractivity contribution >= 4 is 27.9 Å². The largest absolute Gasteiger partial charge is 0.464 e. The minimum atomic E-state index is -0.634. The highest BCUT2D eigenvalue weighted by Gasteiger charge is 2.34. The van der Waals surface area contributed by atoms with Gasteiger partial charge in [-0.05, 0) is 36.8 Å². The monoisotopic (exact) mass is 374 g/mol. The third-order valence-corrected chi connectivity index (χ3v) is 5.14. The Labute approximate surface area is 158 Å². The molecule has 0 unspecified atom stereocenters. The fourth-order valence-corrected chi connectivity index (χ4v) is 3.84. The summed E-state index contributed by atoms with van der Waals surface area (Å²) >= 11 is 0. The van der Waals surface area contributed by atoms with Crippen molar-refractivity contribution in [2.45, 2.75) is 19.3 Å². The van der Waals surface area contributed by atoms with Gasteiger partial charge in [0.25, 0.3) is 0 Å². The number of carbonyl (C=O) groups is 1. The fourth-order valence-electron chi connectivity index (χ4n) is 3.84. The number of hydrogen-bond donors (Lipinski definition) is 0. The van der Waals surface area contributed by atoms with Crippen LogP contribution in [0.25, 0.3) is 21.9 Å².